The highest BCUT2D eigenvalue weighted by Crippen LogP contribution is 2.22. The highest BCUT2D eigenvalue weighted by molar-refractivity contribution is 5.68. The van der Waals surface area contributed by atoms with Gasteiger partial charge in [0.05, 0.1) is 12.9 Å². The fourth-order valence-electron chi connectivity index (χ4n) is 3.06. The lowest BCUT2D eigenvalue weighted by atomic mass is 10.1. The van der Waals surface area contributed by atoms with Crippen LogP contribution in [-0.2, 0) is 20.1 Å². The first-order valence-electron chi connectivity index (χ1n) is 9.30. The van der Waals surface area contributed by atoms with Crippen molar-refractivity contribution in [3.63, 3.8) is 0 Å². The van der Waals surface area contributed by atoms with E-state index in [4.69, 9.17) is 9.15 Å². The molecule has 0 aliphatic rings. The average Bonchev–Trinajstić information content (AvgIpc) is 3.27. The number of nitrogens with zero attached hydrogens (tertiary/aromatic N) is 6. The maximum Gasteiger partial charge on any atom is 0.437 e. The summed E-state index contributed by atoms with van der Waals surface area (Å²) >= 11 is 0. The van der Waals surface area contributed by atoms with E-state index in [1.165, 1.54) is 53.0 Å². The summed E-state index contributed by atoms with van der Waals surface area (Å²) in [5.74, 6) is -0.661. The minimum Gasteiger partial charge on any atom is -0.461 e. The van der Waals surface area contributed by atoms with Crippen LogP contribution in [0.2, 0.25) is 0 Å². The van der Waals surface area contributed by atoms with Gasteiger partial charge in [0.2, 0.25) is 12.2 Å². The number of ether oxygens (including phenoxy) is 1. The molecule has 0 bridgehead atoms. The molecule has 0 spiro atoms. The Bertz CT molecular complexity index is 1320. The molecular weight excluding hydrogens is 414 g/mol. The number of hydrogen-bond donors (Lipinski definition) is 0. The van der Waals surface area contributed by atoms with Gasteiger partial charge in [-0.3, -0.25) is 9.36 Å². The fourth-order valence-corrected chi connectivity index (χ4v) is 3.06. The van der Waals surface area contributed by atoms with Crippen LogP contribution in [0, 0.1) is 0 Å². The largest absolute Gasteiger partial charge is 0.461 e. The van der Waals surface area contributed by atoms with Gasteiger partial charge in [0, 0.05) is 14.0 Å². The van der Waals surface area contributed by atoms with Gasteiger partial charge in [-0.25, -0.2) is 23.5 Å². The van der Waals surface area contributed by atoms with Gasteiger partial charge in [-0.1, -0.05) is 12.1 Å². The van der Waals surface area contributed by atoms with Crippen LogP contribution in [0.4, 0.5) is 8.78 Å². The van der Waals surface area contributed by atoms with Gasteiger partial charge in [0.1, 0.15) is 24.8 Å². The third kappa shape index (κ3) is 4.22. The summed E-state index contributed by atoms with van der Waals surface area (Å²) in [4.78, 5) is 32.7. The number of alkyl halides is 2. The van der Waals surface area contributed by atoms with Crippen molar-refractivity contribution in [3.05, 3.63) is 69.3 Å². The SMILES string of the molecule is CC(F)Oc1ccc([C@@H](F)Cn2nc(Cn3cnc4ncn(C)c4c3=O)oc2=O)cc1. The molecular formula is C19H18F2N6O4. The van der Waals surface area contributed by atoms with Gasteiger partial charge in [0.15, 0.2) is 11.2 Å². The Kier molecular flexibility index (Phi) is 5.36. The third-order valence-electron chi connectivity index (χ3n) is 4.53. The van der Waals surface area contributed by atoms with E-state index < -0.39 is 24.8 Å². The summed E-state index contributed by atoms with van der Waals surface area (Å²) in [5, 5.41) is 3.97. The number of hydrogen-bond acceptors (Lipinski definition) is 7. The monoisotopic (exact) mass is 432 g/mol. The first kappa shape index (κ1) is 20.4. The molecule has 0 saturated carbocycles. The first-order valence-corrected chi connectivity index (χ1v) is 9.30. The van der Waals surface area contributed by atoms with Crippen LogP contribution in [0.1, 0.15) is 24.5 Å². The standard InChI is InChI=1S/C19H18F2N6O4/c1-11(20)30-13-5-3-12(4-6-13)14(21)7-27-19(29)31-15(24-27)8-26-10-23-17-16(18(26)28)25(2)9-22-17/h3-6,9-11,14H,7-8H2,1-2H3/t11?,14-/m0/s1. The Morgan fingerprint density at radius 2 is 1.84 bits per heavy atom. The summed E-state index contributed by atoms with van der Waals surface area (Å²) in [6, 6.07) is 5.73. The second kappa shape index (κ2) is 8.13. The summed E-state index contributed by atoms with van der Waals surface area (Å²) in [5.41, 5.74) is 0.476. The molecule has 0 N–H and O–H groups in total. The highest BCUT2D eigenvalue weighted by Gasteiger charge is 2.17. The van der Waals surface area contributed by atoms with E-state index in [1.54, 1.807) is 7.05 Å². The topological polar surface area (TPSA) is 110 Å². The molecule has 1 aromatic carbocycles. The predicted molar refractivity (Wildman–Crippen MR) is 104 cm³/mol. The molecule has 3 aromatic heterocycles. The number of fused-ring (bicyclic) bond motifs is 1. The second-order valence-electron chi connectivity index (χ2n) is 6.85. The molecule has 3 heterocycles. The fraction of sp³-hybridized carbons (Fsp3) is 0.316. The minimum atomic E-state index is -1.57. The van der Waals surface area contributed by atoms with E-state index in [0.717, 1.165) is 4.68 Å². The van der Waals surface area contributed by atoms with Crippen LogP contribution in [-0.4, -0.2) is 35.2 Å². The van der Waals surface area contributed by atoms with Gasteiger partial charge in [-0.05, 0) is 17.7 Å². The zero-order valence-corrected chi connectivity index (χ0v) is 16.6. The maximum absolute atomic E-state index is 14.6. The molecule has 162 valence electrons. The van der Waals surface area contributed by atoms with Crippen LogP contribution >= 0.6 is 0 Å². The highest BCUT2D eigenvalue weighted by atomic mass is 19.1. The molecule has 0 radical (unpaired) electrons. The Hall–Kier alpha value is -3.83. The van der Waals surface area contributed by atoms with Crippen molar-refractivity contribution in [2.75, 3.05) is 0 Å². The molecule has 1 unspecified atom stereocenters. The quantitative estimate of drug-likeness (QED) is 0.437. The van der Waals surface area contributed by atoms with Crippen LogP contribution in [0.3, 0.4) is 0 Å². The molecule has 0 fully saturated rings. The number of aryl methyl sites for hydroxylation is 1. The molecule has 2 atom stereocenters. The van der Waals surface area contributed by atoms with Crippen molar-refractivity contribution >= 4 is 11.2 Å². The van der Waals surface area contributed by atoms with Gasteiger partial charge < -0.3 is 13.7 Å². The van der Waals surface area contributed by atoms with Crippen molar-refractivity contribution < 1.29 is 17.9 Å². The Morgan fingerprint density at radius 3 is 2.55 bits per heavy atom. The minimum absolute atomic E-state index is 0.0664. The second-order valence-corrected chi connectivity index (χ2v) is 6.85. The molecule has 4 rings (SSSR count). The van der Waals surface area contributed by atoms with E-state index in [0.29, 0.717) is 11.2 Å². The lowest BCUT2D eigenvalue weighted by Crippen LogP contribution is -2.23. The summed E-state index contributed by atoms with van der Waals surface area (Å²) in [6.45, 7) is 0.689. The van der Waals surface area contributed by atoms with Crippen molar-refractivity contribution in [2.45, 2.75) is 32.5 Å². The molecule has 0 amide bonds. The van der Waals surface area contributed by atoms with Gasteiger partial charge in [-0.2, -0.15) is 4.68 Å². The predicted octanol–water partition coefficient (Wildman–Crippen LogP) is 1.73. The zero-order valence-electron chi connectivity index (χ0n) is 16.6. The summed E-state index contributed by atoms with van der Waals surface area (Å²) < 4.78 is 41.0. The number of imidazole rings is 1. The molecule has 10 nitrogen and oxygen atoms in total. The number of rotatable bonds is 7. The summed E-state index contributed by atoms with van der Waals surface area (Å²) in [7, 11) is 1.66. The van der Waals surface area contributed by atoms with Gasteiger partial charge >= 0.3 is 5.76 Å². The van der Waals surface area contributed by atoms with Crippen LogP contribution in [0.25, 0.3) is 11.2 Å². The maximum atomic E-state index is 14.6. The molecule has 0 aliphatic heterocycles. The first-order chi connectivity index (χ1) is 14.8. The van der Waals surface area contributed by atoms with Crippen molar-refractivity contribution in [2.24, 2.45) is 7.05 Å². The number of halogens is 2. The van der Waals surface area contributed by atoms with Crippen molar-refractivity contribution in [1.82, 2.24) is 28.9 Å². The van der Waals surface area contributed by atoms with Crippen molar-refractivity contribution in [3.8, 4) is 5.75 Å². The Labute approximate surface area is 173 Å². The lowest BCUT2D eigenvalue weighted by molar-refractivity contribution is 0.0860. The molecule has 31 heavy (non-hydrogen) atoms. The molecule has 4 aromatic rings. The Morgan fingerprint density at radius 1 is 1.13 bits per heavy atom. The molecule has 12 heteroatoms. The van der Waals surface area contributed by atoms with Crippen molar-refractivity contribution in [1.29, 1.82) is 0 Å². The van der Waals surface area contributed by atoms with Gasteiger partial charge in [-0.15, -0.1) is 5.10 Å². The lowest BCUT2D eigenvalue weighted by Gasteiger charge is -2.10. The van der Waals surface area contributed by atoms with Crippen LogP contribution in [0.15, 0.2) is 50.9 Å². The molecule has 0 saturated heterocycles. The number of aromatic nitrogens is 6. The average molecular weight is 432 g/mol. The van der Waals surface area contributed by atoms with Crippen LogP contribution in [0.5, 0.6) is 5.75 Å². The Balaban J connectivity index is 1.50. The van der Waals surface area contributed by atoms with E-state index in [-0.39, 0.29) is 29.3 Å². The van der Waals surface area contributed by atoms with E-state index in [1.807, 2.05) is 0 Å². The van der Waals surface area contributed by atoms with Crippen LogP contribution < -0.4 is 16.1 Å². The normalized spacial score (nSPS) is 13.4. The van der Waals surface area contributed by atoms with Gasteiger partial charge in [0.25, 0.3) is 5.56 Å². The van der Waals surface area contributed by atoms with E-state index in [9.17, 15) is 18.4 Å². The molecule has 0 aliphatic carbocycles. The number of benzene rings is 1. The van der Waals surface area contributed by atoms with E-state index >= 15 is 0 Å². The zero-order chi connectivity index (χ0) is 22.1. The van der Waals surface area contributed by atoms with E-state index in [2.05, 4.69) is 15.1 Å². The summed E-state index contributed by atoms with van der Waals surface area (Å²) in [6.07, 6.45) is -0.310. The third-order valence-corrected chi connectivity index (χ3v) is 4.53. The smallest absolute Gasteiger partial charge is 0.437 e.